The molecule has 0 amide bonds. The van der Waals surface area contributed by atoms with Gasteiger partial charge in [-0.1, -0.05) is 34.1 Å². The molecule has 0 atom stereocenters. The van der Waals surface area contributed by atoms with Crippen LogP contribution in [0.2, 0.25) is 0 Å². The van der Waals surface area contributed by atoms with Crippen LogP contribution in [0.1, 0.15) is 5.56 Å². The van der Waals surface area contributed by atoms with Crippen LogP contribution in [-0.2, 0) is 4.74 Å². The molecular weight excluding hydrogens is 297 g/mol. The molecule has 1 nitrogen and oxygen atoms in total. The van der Waals surface area contributed by atoms with Gasteiger partial charge in [-0.3, -0.25) is 0 Å². The molecule has 0 radical (unpaired) electrons. The summed E-state index contributed by atoms with van der Waals surface area (Å²) in [6, 6.07) is 7.52. The van der Waals surface area contributed by atoms with Gasteiger partial charge in [0.1, 0.15) is 6.61 Å². The SMILES string of the molecule is FC(F)(F)/C=C/OC/C=C/c1ccc(Br)cc1. The van der Waals surface area contributed by atoms with Crippen molar-refractivity contribution in [3.05, 3.63) is 52.7 Å². The summed E-state index contributed by atoms with van der Waals surface area (Å²) in [5.41, 5.74) is 0.955. The lowest BCUT2D eigenvalue weighted by molar-refractivity contribution is -0.0815. The Kier molecular flexibility index (Phi) is 5.28. The Morgan fingerprint density at radius 1 is 1.18 bits per heavy atom. The smallest absolute Gasteiger partial charge is 0.412 e. The minimum Gasteiger partial charge on any atom is -0.497 e. The summed E-state index contributed by atoms with van der Waals surface area (Å²) in [5, 5.41) is 0. The van der Waals surface area contributed by atoms with Crippen molar-refractivity contribution in [3.63, 3.8) is 0 Å². The van der Waals surface area contributed by atoms with Crippen LogP contribution < -0.4 is 0 Å². The maximum Gasteiger partial charge on any atom is 0.412 e. The van der Waals surface area contributed by atoms with Gasteiger partial charge in [0, 0.05) is 4.47 Å². The Morgan fingerprint density at radius 2 is 1.82 bits per heavy atom. The quantitative estimate of drug-likeness (QED) is 0.585. The summed E-state index contributed by atoms with van der Waals surface area (Å²) in [5.74, 6) is 0. The number of alkyl halides is 3. The molecule has 0 saturated carbocycles. The zero-order valence-electron chi connectivity index (χ0n) is 8.75. The molecule has 0 aliphatic heterocycles. The van der Waals surface area contributed by atoms with E-state index in [0.717, 1.165) is 10.0 Å². The highest BCUT2D eigenvalue weighted by molar-refractivity contribution is 9.10. The monoisotopic (exact) mass is 306 g/mol. The molecule has 0 aliphatic carbocycles. The normalized spacial score (nSPS) is 12.5. The number of benzene rings is 1. The van der Waals surface area contributed by atoms with Crippen LogP contribution in [-0.4, -0.2) is 12.8 Å². The third-order valence-corrected chi connectivity index (χ3v) is 2.25. The predicted molar refractivity (Wildman–Crippen MR) is 64.3 cm³/mol. The van der Waals surface area contributed by atoms with Crippen LogP contribution >= 0.6 is 15.9 Å². The second kappa shape index (κ2) is 6.49. The van der Waals surface area contributed by atoms with E-state index in [1.165, 1.54) is 0 Å². The Morgan fingerprint density at radius 3 is 2.41 bits per heavy atom. The van der Waals surface area contributed by atoms with Crippen LogP contribution in [0.15, 0.2) is 47.2 Å². The second-order valence-electron chi connectivity index (χ2n) is 3.13. The first kappa shape index (κ1) is 13.8. The predicted octanol–water partition coefficient (Wildman–Crippen LogP) is 4.55. The molecule has 0 aromatic heterocycles. The molecule has 0 aliphatic rings. The lowest BCUT2D eigenvalue weighted by Gasteiger charge is -1.98. The fourth-order valence-corrected chi connectivity index (χ4v) is 1.26. The molecular formula is C12H10BrF3O. The minimum atomic E-state index is -4.32. The van der Waals surface area contributed by atoms with Crippen LogP contribution in [0.25, 0.3) is 6.08 Å². The molecule has 0 bridgehead atoms. The summed E-state index contributed by atoms with van der Waals surface area (Å²) < 4.78 is 40.7. The molecule has 0 N–H and O–H groups in total. The molecule has 1 aromatic rings. The number of hydrogen-bond donors (Lipinski definition) is 0. The van der Waals surface area contributed by atoms with E-state index in [0.29, 0.717) is 6.26 Å². The Bertz CT molecular complexity index is 393. The van der Waals surface area contributed by atoms with Crippen molar-refractivity contribution in [2.45, 2.75) is 6.18 Å². The van der Waals surface area contributed by atoms with Gasteiger partial charge in [0.05, 0.1) is 12.3 Å². The molecule has 5 heteroatoms. The fraction of sp³-hybridized carbons (Fsp3) is 0.167. The largest absolute Gasteiger partial charge is 0.497 e. The zero-order chi connectivity index (χ0) is 12.7. The lowest BCUT2D eigenvalue weighted by atomic mass is 10.2. The van der Waals surface area contributed by atoms with Crippen LogP contribution in [0.4, 0.5) is 13.2 Å². The highest BCUT2D eigenvalue weighted by Crippen LogP contribution is 2.15. The summed E-state index contributed by atoms with van der Waals surface area (Å²) in [4.78, 5) is 0. The standard InChI is InChI=1S/C12H10BrF3O/c13-11-5-3-10(4-6-11)2-1-8-17-9-7-12(14,15)16/h1-7,9H,8H2/b2-1+,9-7+. The van der Waals surface area contributed by atoms with Crippen molar-refractivity contribution in [2.75, 3.05) is 6.61 Å². The van der Waals surface area contributed by atoms with Gasteiger partial charge in [0.2, 0.25) is 0 Å². The molecule has 0 fully saturated rings. The van der Waals surface area contributed by atoms with Gasteiger partial charge in [0.25, 0.3) is 0 Å². The minimum absolute atomic E-state index is 0.0560. The second-order valence-corrected chi connectivity index (χ2v) is 4.05. The molecule has 0 saturated heterocycles. The van der Waals surface area contributed by atoms with E-state index in [-0.39, 0.29) is 12.7 Å². The van der Waals surface area contributed by atoms with Crippen molar-refractivity contribution in [3.8, 4) is 0 Å². The van der Waals surface area contributed by atoms with E-state index in [1.54, 1.807) is 12.2 Å². The van der Waals surface area contributed by atoms with Gasteiger partial charge in [-0.2, -0.15) is 13.2 Å². The molecule has 17 heavy (non-hydrogen) atoms. The van der Waals surface area contributed by atoms with Crippen molar-refractivity contribution in [1.29, 1.82) is 0 Å². The Balaban J connectivity index is 2.32. The summed E-state index contributed by atoms with van der Waals surface area (Å²) in [6.07, 6.45) is -0.209. The first-order valence-electron chi connectivity index (χ1n) is 4.75. The molecule has 0 unspecified atom stereocenters. The van der Waals surface area contributed by atoms with E-state index in [9.17, 15) is 13.2 Å². The zero-order valence-corrected chi connectivity index (χ0v) is 10.3. The summed E-state index contributed by atoms with van der Waals surface area (Å²) >= 11 is 3.30. The molecule has 1 rings (SSSR count). The topological polar surface area (TPSA) is 9.23 Å². The highest BCUT2D eigenvalue weighted by atomic mass is 79.9. The Hall–Kier alpha value is -1.23. The van der Waals surface area contributed by atoms with Crippen LogP contribution in [0.5, 0.6) is 0 Å². The maximum atomic E-state index is 11.7. The van der Waals surface area contributed by atoms with E-state index in [4.69, 9.17) is 0 Å². The van der Waals surface area contributed by atoms with Crippen LogP contribution in [0.3, 0.4) is 0 Å². The van der Waals surface area contributed by atoms with Gasteiger partial charge < -0.3 is 4.74 Å². The van der Waals surface area contributed by atoms with Crippen molar-refractivity contribution >= 4 is 22.0 Å². The van der Waals surface area contributed by atoms with Gasteiger partial charge >= 0.3 is 6.18 Å². The number of halogens is 4. The third-order valence-electron chi connectivity index (χ3n) is 1.73. The van der Waals surface area contributed by atoms with E-state index in [2.05, 4.69) is 20.7 Å². The molecule has 0 spiro atoms. The third kappa shape index (κ3) is 6.84. The summed E-state index contributed by atoms with van der Waals surface area (Å²) in [7, 11) is 0. The average Bonchev–Trinajstić information content (AvgIpc) is 2.24. The van der Waals surface area contributed by atoms with Gasteiger partial charge in [0.15, 0.2) is 0 Å². The highest BCUT2D eigenvalue weighted by Gasteiger charge is 2.22. The van der Waals surface area contributed by atoms with E-state index >= 15 is 0 Å². The molecule has 1 aromatic carbocycles. The maximum absolute atomic E-state index is 11.7. The van der Waals surface area contributed by atoms with E-state index < -0.39 is 6.18 Å². The van der Waals surface area contributed by atoms with Crippen molar-refractivity contribution < 1.29 is 17.9 Å². The number of hydrogen-bond acceptors (Lipinski definition) is 1. The van der Waals surface area contributed by atoms with Gasteiger partial charge in [-0.05, 0) is 23.8 Å². The van der Waals surface area contributed by atoms with Crippen molar-refractivity contribution in [1.82, 2.24) is 0 Å². The number of ether oxygens (including phenoxy) is 1. The van der Waals surface area contributed by atoms with Crippen molar-refractivity contribution in [2.24, 2.45) is 0 Å². The first-order chi connectivity index (χ1) is 7.97. The molecule has 92 valence electrons. The number of allylic oxidation sites excluding steroid dienone is 1. The lowest BCUT2D eigenvalue weighted by Crippen LogP contribution is -2.00. The summed E-state index contributed by atoms with van der Waals surface area (Å²) in [6.45, 7) is 0.0998. The van der Waals surface area contributed by atoms with E-state index in [1.807, 2.05) is 24.3 Å². The fourth-order valence-electron chi connectivity index (χ4n) is 0.994. The van der Waals surface area contributed by atoms with Gasteiger partial charge in [-0.15, -0.1) is 0 Å². The first-order valence-corrected chi connectivity index (χ1v) is 5.55. The van der Waals surface area contributed by atoms with Crippen LogP contribution in [0, 0.1) is 0 Å². The average molecular weight is 307 g/mol. The Labute approximate surface area is 106 Å². The number of rotatable bonds is 4. The van der Waals surface area contributed by atoms with Gasteiger partial charge in [-0.25, -0.2) is 0 Å². The molecule has 0 heterocycles.